The minimum absolute atomic E-state index is 0.0937. The number of hydrogen-bond donors (Lipinski definition) is 2. The number of nitrogens with one attached hydrogen (secondary N) is 1. The summed E-state index contributed by atoms with van der Waals surface area (Å²) in [5.41, 5.74) is 0. The first-order chi connectivity index (χ1) is 9.15. The monoisotopic (exact) mass is 268 g/mol. The van der Waals surface area contributed by atoms with Crippen molar-refractivity contribution >= 4 is 0 Å². The van der Waals surface area contributed by atoms with Gasteiger partial charge in [-0.1, -0.05) is 12.1 Å². The zero-order chi connectivity index (χ0) is 13.7. The van der Waals surface area contributed by atoms with Crippen molar-refractivity contribution in [2.45, 2.75) is 18.6 Å². The van der Waals surface area contributed by atoms with Crippen LogP contribution >= 0.6 is 0 Å². The van der Waals surface area contributed by atoms with Gasteiger partial charge in [0.15, 0.2) is 11.6 Å². The van der Waals surface area contributed by atoms with Crippen LogP contribution in [0.2, 0.25) is 0 Å². The number of aliphatic hydroxyl groups excluding tert-OH is 1. The maximum absolute atomic E-state index is 13.3. The molecule has 0 radical (unpaired) electrons. The molecule has 1 aromatic rings. The Morgan fingerprint density at radius 1 is 1.53 bits per heavy atom. The molecule has 19 heavy (non-hydrogen) atoms. The van der Waals surface area contributed by atoms with Crippen LogP contribution in [0, 0.1) is 5.82 Å². The molecular formula is C14H21FN2O2. The number of para-hydroxylation sites is 1. The molecule has 2 N–H and O–H groups in total. The Hall–Kier alpha value is -1.17. The zero-order valence-corrected chi connectivity index (χ0v) is 11.2. The molecule has 1 heterocycles. The van der Waals surface area contributed by atoms with Crippen molar-refractivity contribution in [2.75, 3.05) is 33.3 Å². The van der Waals surface area contributed by atoms with Gasteiger partial charge in [0.2, 0.25) is 0 Å². The first-order valence-corrected chi connectivity index (χ1v) is 6.62. The van der Waals surface area contributed by atoms with Crippen molar-refractivity contribution in [3.05, 3.63) is 30.1 Å². The van der Waals surface area contributed by atoms with Crippen LogP contribution in [-0.2, 0) is 0 Å². The van der Waals surface area contributed by atoms with Crippen molar-refractivity contribution in [1.82, 2.24) is 10.2 Å². The molecule has 0 aromatic heterocycles. The number of halogens is 1. The number of rotatable bonds is 6. The zero-order valence-electron chi connectivity index (χ0n) is 11.2. The van der Waals surface area contributed by atoms with Gasteiger partial charge in [0, 0.05) is 19.1 Å². The normalized spacial score (nSPS) is 21.5. The summed E-state index contributed by atoms with van der Waals surface area (Å²) in [5.74, 6) is -0.220. The van der Waals surface area contributed by atoms with Crippen LogP contribution in [0.4, 0.5) is 4.39 Å². The fraction of sp³-hybridized carbons (Fsp3) is 0.571. The third-order valence-corrected chi connectivity index (χ3v) is 3.30. The quantitative estimate of drug-likeness (QED) is 0.803. The Balaban J connectivity index is 1.67. The molecule has 0 aliphatic carbocycles. The van der Waals surface area contributed by atoms with E-state index in [1.807, 2.05) is 0 Å². The first kappa shape index (κ1) is 14.2. The standard InChI is InChI=1S/C14H21FN2O2/c1-17-7-6-11(9-17)16-8-12(18)10-19-14-5-3-2-4-13(14)15/h2-5,11-12,16,18H,6-10H2,1H3. The Morgan fingerprint density at radius 2 is 2.32 bits per heavy atom. The lowest BCUT2D eigenvalue weighted by atomic mass is 10.2. The summed E-state index contributed by atoms with van der Waals surface area (Å²) < 4.78 is 18.5. The molecule has 1 aliphatic heterocycles. The molecule has 4 nitrogen and oxygen atoms in total. The number of aliphatic hydroxyl groups is 1. The van der Waals surface area contributed by atoms with Crippen LogP contribution in [0.3, 0.4) is 0 Å². The average Bonchev–Trinajstić information content (AvgIpc) is 2.81. The minimum atomic E-state index is -0.634. The van der Waals surface area contributed by atoms with E-state index in [1.54, 1.807) is 18.2 Å². The van der Waals surface area contributed by atoms with Crippen molar-refractivity contribution in [1.29, 1.82) is 0 Å². The molecule has 1 aliphatic rings. The molecule has 2 rings (SSSR count). The van der Waals surface area contributed by atoms with Gasteiger partial charge in [-0.2, -0.15) is 0 Å². The molecule has 1 aromatic carbocycles. The Labute approximate surface area is 113 Å². The van der Waals surface area contributed by atoms with Crippen molar-refractivity contribution in [2.24, 2.45) is 0 Å². The van der Waals surface area contributed by atoms with Crippen LogP contribution in [0.5, 0.6) is 5.75 Å². The fourth-order valence-corrected chi connectivity index (χ4v) is 2.21. The minimum Gasteiger partial charge on any atom is -0.488 e. The molecular weight excluding hydrogens is 247 g/mol. The Bertz CT molecular complexity index is 403. The van der Waals surface area contributed by atoms with E-state index in [2.05, 4.69) is 17.3 Å². The van der Waals surface area contributed by atoms with Gasteiger partial charge in [-0.05, 0) is 32.1 Å². The van der Waals surface area contributed by atoms with Gasteiger partial charge in [0.05, 0.1) is 0 Å². The number of nitrogens with zero attached hydrogens (tertiary/aromatic N) is 1. The lowest BCUT2D eigenvalue weighted by Gasteiger charge is -2.17. The highest BCUT2D eigenvalue weighted by atomic mass is 19.1. The van der Waals surface area contributed by atoms with Crippen LogP contribution < -0.4 is 10.1 Å². The average molecular weight is 268 g/mol. The largest absolute Gasteiger partial charge is 0.488 e. The molecule has 106 valence electrons. The molecule has 5 heteroatoms. The van der Waals surface area contributed by atoms with Gasteiger partial charge in [-0.3, -0.25) is 0 Å². The molecule has 2 unspecified atom stereocenters. The predicted octanol–water partition coefficient (Wildman–Crippen LogP) is 0.859. The van der Waals surface area contributed by atoms with Crippen LogP contribution in [0.15, 0.2) is 24.3 Å². The van der Waals surface area contributed by atoms with E-state index < -0.39 is 11.9 Å². The van der Waals surface area contributed by atoms with E-state index in [0.29, 0.717) is 12.6 Å². The number of benzene rings is 1. The summed E-state index contributed by atoms with van der Waals surface area (Å²) in [7, 11) is 2.08. The first-order valence-electron chi connectivity index (χ1n) is 6.62. The van der Waals surface area contributed by atoms with Crippen molar-refractivity contribution < 1.29 is 14.2 Å². The summed E-state index contributed by atoms with van der Waals surface area (Å²) >= 11 is 0. The van der Waals surface area contributed by atoms with Gasteiger partial charge in [-0.15, -0.1) is 0 Å². The van der Waals surface area contributed by atoms with Crippen molar-refractivity contribution in [3.63, 3.8) is 0 Å². The van der Waals surface area contributed by atoms with Gasteiger partial charge >= 0.3 is 0 Å². The van der Waals surface area contributed by atoms with E-state index >= 15 is 0 Å². The fourth-order valence-electron chi connectivity index (χ4n) is 2.21. The van der Waals surface area contributed by atoms with Gasteiger partial charge < -0.3 is 20.1 Å². The molecule has 1 fully saturated rings. The summed E-state index contributed by atoms with van der Waals surface area (Å²) in [4.78, 5) is 2.25. The Kier molecular flexibility index (Phi) is 5.13. The summed E-state index contributed by atoms with van der Waals surface area (Å²) in [5, 5.41) is 13.1. The summed E-state index contributed by atoms with van der Waals surface area (Å²) in [6.45, 7) is 2.64. The number of likely N-dealkylation sites (N-methyl/N-ethyl adjacent to an activating group) is 1. The molecule has 0 spiro atoms. The molecule has 0 amide bonds. The highest BCUT2D eigenvalue weighted by Crippen LogP contribution is 2.15. The van der Waals surface area contributed by atoms with Gasteiger partial charge in [0.25, 0.3) is 0 Å². The van der Waals surface area contributed by atoms with Crippen LogP contribution in [0.1, 0.15) is 6.42 Å². The molecule has 0 saturated carbocycles. The lowest BCUT2D eigenvalue weighted by molar-refractivity contribution is 0.101. The smallest absolute Gasteiger partial charge is 0.165 e. The predicted molar refractivity (Wildman–Crippen MR) is 71.8 cm³/mol. The summed E-state index contributed by atoms with van der Waals surface area (Å²) in [6.07, 6.45) is 0.461. The molecule has 2 atom stereocenters. The highest BCUT2D eigenvalue weighted by molar-refractivity contribution is 5.23. The Morgan fingerprint density at radius 3 is 3.00 bits per heavy atom. The van der Waals surface area contributed by atoms with E-state index in [4.69, 9.17) is 4.74 Å². The second kappa shape index (κ2) is 6.84. The van der Waals surface area contributed by atoms with Crippen molar-refractivity contribution in [3.8, 4) is 5.75 Å². The van der Waals surface area contributed by atoms with E-state index in [0.717, 1.165) is 19.5 Å². The number of likely N-dealkylation sites (tertiary alicyclic amines) is 1. The second-order valence-corrected chi connectivity index (χ2v) is 5.05. The van der Waals surface area contributed by atoms with Gasteiger partial charge in [0.1, 0.15) is 12.7 Å². The van der Waals surface area contributed by atoms with E-state index in [-0.39, 0.29) is 12.4 Å². The van der Waals surface area contributed by atoms with Gasteiger partial charge in [-0.25, -0.2) is 4.39 Å². The highest BCUT2D eigenvalue weighted by Gasteiger charge is 2.19. The van der Waals surface area contributed by atoms with Crippen LogP contribution in [0.25, 0.3) is 0 Å². The molecule has 1 saturated heterocycles. The number of hydrogen-bond acceptors (Lipinski definition) is 4. The third kappa shape index (κ3) is 4.45. The third-order valence-electron chi connectivity index (χ3n) is 3.30. The molecule has 0 bridgehead atoms. The van der Waals surface area contributed by atoms with Crippen LogP contribution in [-0.4, -0.2) is 55.4 Å². The maximum atomic E-state index is 13.3. The topological polar surface area (TPSA) is 44.7 Å². The SMILES string of the molecule is CN1CCC(NCC(O)COc2ccccc2F)C1. The number of ether oxygens (including phenoxy) is 1. The maximum Gasteiger partial charge on any atom is 0.165 e. The summed E-state index contributed by atoms with van der Waals surface area (Å²) in [6, 6.07) is 6.64. The van der Waals surface area contributed by atoms with E-state index in [1.165, 1.54) is 6.07 Å². The van der Waals surface area contributed by atoms with E-state index in [9.17, 15) is 9.50 Å². The lowest BCUT2D eigenvalue weighted by Crippen LogP contribution is -2.39. The second-order valence-electron chi connectivity index (χ2n) is 5.05.